The average molecular weight is 178 g/mol. The number of ether oxygens (including phenoxy) is 1. The van der Waals surface area contributed by atoms with Gasteiger partial charge in [0.25, 0.3) is 0 Å². The molecule has 0 atom stereocenters. The summed E-state index contributed by atoms with van der Waals surface area (Å²) in [6.07, 6.45) is 6.64. The van der Waals surface area contributed by atoms with Crippen molar-refractivity contribution in [1.29, 1.82) is 0 Å². The van der Waals surface area contributed by atoms with Gasteiger partial charge >= 0.3 is 5.97 Å². The Morgan fingerprint density at radius 2 is 2.54 bits per heavy atom. The molecule has 0 aliphatic carbocycles. The van der Waals surface area contributed by atoms with E-state index in [2.05, 4.69) is 10.9 Å². The molecular weight excluding hydrogens is 168 g/mol. The van der Waals surface area contributed by atoms with Gasteiger partial charge in [0.1, 0.15) is 5.69 Å². The van der Waals surface area contributed by atoms with E-state index in [0.29, 0.717) is 12.3 Å². The van der Waals surface area contributed by atoms with Crippen molar-refractivity contribution < 1.29 is 9.53 Å². The molecule has 1 aromatic rings. The summed E-state index contributed by atoms with van der Waals surface area (Å²) in [5.74, 6) is 2.18. The van der Waals surface area contributed by atoms with Crippen molar-refractivity contribution in [3.05, 3.63) is 17.7 Å². The molecule has 0 aliphatic rings. The van der Waals surface area contributed by atoms with Gasteiger partial charge in [-0.25, -0.2) is 9.78 Å². The van der Waals surface area contributed by atoms with Crippen LogP contribution in [0.15, 0.2) is 6.20 Å². The van der Waals surface area contributed by atoms with Gasteiger partial charge in [-0.1, -0.05) is 5.92 Å². The van der Waals surface area contributed by atoms with Crippen molar-refractivity contribution in [1.82, 2.24) is 9.55 Å². The third-order valence-corrected chi connectivity index (χ3v) is 1.59. The summed E-state index contributed by atoms with van der Waals surface area (Å²) in [4.78, 5) is 15.1. The van der Waals surface area contributed by atoms with Gasteiger partial charge in [0.15, 0.2) is 0 Å². The Balaban J connectivity index is 2.97. The van der Waals surface area contributed by atoms with E-state index in [1.54, 1.807) is 14.0 Å². The first-order valence-electron chi connectivity index (χ1n) is 3.86. The Morgan fingerprint density at radius 1 is 1.85 bits per heavy atom. The van der Waals surface area contributed by atoms with Gasteiger partial charge < -0.3 is 9.30 Å². The summed E-state index contributed by atoms with van der Waals surface area (Å²) < 4.78 is 6.30. The molecule has 0 radical (unpaired) electrons. The van der Waals surface area contributed by atoms with Crippen molar-refractivity contribution in [3.8, 4) is 12.3 Å². The molecule has 68 valence electrons. The number of hydrogen-bond acceptors (Lipinski definition) is 3. The summed E-state index contributed by atoms with van der Waals surface area (Å²) in [6, 6.07) is 0. The Bertz CT molecular complexity index is 360. The van der Waals surface area contributed by atoms with Gasteiger partial charge in [-0.2, -0.15) is 0 Å². The van der Waals surface area contributed by atoms with E-state index in [0.717, 1.165) is 0 Å². The molecule has 1 aromatic heterocycles. The maximum atomic E-state index is 11.2. The molecule has 0 saturated heterocycles. The molecule has 13 heavy (non-hydrogen) atoms. The molecule has 0 fully saturated rings. The molecule has 0 amide bonds. The second kappa shape index (κ2) is 3.76. The smallest absolute Gasteiger partial charge is 0.374 e. The van der Waals surface area contributed by atoms with E-state index < -0.39 is 5.97 Å². The van der Waals surface area contributed by atoms with E-state index in [1.165, 1.54) is 10.8 Å². The number of rotatable bonds is 2. The zero-order valence-corrected chi connectivity index (χ0v) is 7.57. The lowest BCUT2D eigenvalue weighted by atomic mass is 10.5. The summed E-state index contributed by atoms with van der Waals surface area (Å²) in [7, 11) is 1.68. The van der Waals surface area contributed by atoms with E-state index in [9.17, 15) is 4.79 Å². The lowest BCUT2D eigenvalue weighted by Crippen LogP contribution is -2.11. The summed E-state index contributed by atoms with van der Waals surface area (Å²) >= 11 is 0. The highest BCUT2D eigenvalue weighted by atomic mass is 16.5. The molecule has 0 N–H and O–H groups in total. The second-order valence-corrected chi connectivity index (χ2v) is 2.39. The predicted molar refractivity (Wildman–Crippen MR) is 47.1 cm³/mol. The first-order valence-corrected chi connectivity index (χ1v) is 3.86. The van der Waals surface area contributed by atoms with Crippen LogP contribution >= 0.6 is 0 Å². The van der Waals surface area contributed by atoms with E-state index in [4.69, 9.17) is 11.2 Å². The van der Waals surface area contributed by atoms with Gasteiger partial charge in [0, 0.05) is 7.05 Å². The van der Waals surface area contributed by atoms with Crippen molar-refractivity contribution in [3.63, 3.8) is 0 Å². The van der Waals surface area contributed by atoms with Crippen LogP contribution in [0.4, 0.5) is 0 Å². The van der Waals surface area contributed by atoms with Crippen molar-refractivity contribution in [2.24, 2.45) is 7.05 Å². The van der Waals surface area contributed by atoms with Gasteiger partial charge in [0.2, 0.25) is 5.82 Å². The molecule has 0 aromatic carbocycles. The van der Waals surface area contributed by atoms with Crippen molar-refractivity contribution >= 4 is 5.97 Å². The topological polar surface area (TPSA) is 44.1 Å². The highest BCUT2D eigenvalue weighted by Gasteiger charge is 2.13. The van der Waals surface area contributed by atoms with E-state index in [-0.39, 0.29) is 5.82 Å². The second-order valence-electron chi connectivity index (χ2n) is 2.39. The van der Waals surface area contributed by atoms with E-state index >= 15 is 0 Å². The van der Waals surface area contributed by atoms with Crippen LogP contribution in [-0.2, 0) is 11.8 Å². The minimum Gasteiger partial charge on any atom is -0.460 e. The number of nitrogens with zero attached hydrogens (tertiary/aromatic N) is 2. The monoisotopic (exact) mass is 178 g/mol. The molecular formula is C9H10N2O2. The zero-order chi connectivity index (χ0) is 9.84. The fourth-order valence-electron chi connectivity index (χ4n) is 0.929. The van der Waals surface area contributed by atoms with Gasteiger partial charge in [-0.15, -0.1) is 6.42 Å². The standard InChI is InChI=1S/C9H10N2O2/c1-4-7-6-10-8(11(7)3)9(12)13-5-2/h1,6H,5H2,2-3H3. The van der Waals surface area contributed by atoms with Crippen LogP contribution < -0.4 is 0 Å². The van der Waals surface area contributed by atoms with Crippen LogP contribution in [0.25, 0.3) is 0 Å². The zero-order valence-electron chi connectivity index (χ0n) is 7.57. The molecule has 0 bridgehead atoms. The third kappa shape index (κ3) is 1.70. The fourth-order valence-corrected chi connectivity index (χ4v) is 0.929. The number of terminal acetylenes is 1. The van der Waals surface area contributed by atoms with Crippen LogP contribution in [0.1, 0.15) is 23.2 Å². The average Bonchev–Trinajstić information content (AvgIpc) is 2.47. The molecule has 0 unspecified atom stereocenters. The minimum absolute atomic E-state index is 0.231. The number of carbonyl (C=O) groups is 1. The Morgan fingerprint density at radius 3 is 3.00 bits per heavy atom. The highest BCUT2D eigenvalue weighted by Crippen LogP contribution is 2.02. The van der Waals surface area contributed by atoms with Crippen molar-refractivity contribution in [2.45, 2.75) is 6.92 Å². The number of imidazole rings is 1. The summed E-state index contributed by atoms with van der Waals surface area (Å²) in [6.45, 7) is 2.07. The minimum atomic E-state index is -0.452. The first-order chi connectivity index (χ1) is 6.20. The molecule has 0 saturated carbocycles. The van der Waals surface area contributed by atoms with Gasteiger partial charge in [-0.3, -0.25) is 0 Å². The van der Waals surface area contributed by atoms with Gasteiger partial charge in [0.05, 0.1) is 12.8 Å². The number of aromatic nitrogens is 2. The van der Waals surface area contributed by atoms with Crippen LogP contribution in [0, 0.1) is 12.3 Å². The third-order valence-electron chi connectivity index (χ3n) is 1.59. The molecule has 4 heteroatoms. The lowest BCUT2D eigenvalue weighted by molar-refractivity contribution is 0.0508. The number of carbonyl (C=O) groups excluding carboxylic acids is 1. The predicted octanol–water partition coefficient (Wildman–Crippen LogP) is 0.578. The molecule has 0 aliphatic heterocycles. The SMILES string of the molecule is C#Cc1cnc(C(=O)OCC)n1C. The highest BCUT2D eigenvalue weighted by molar-refractivity contribution is 5.85. The van der Waals surface area contributed by atoms with Gasteiger partial charge in [-0.05, 0) is 6.92 Å². The van der Waals surface area contributed by atoms with Crippen LogP contribution in [-0.4, -0.2) is 22.1 Å². The molecule has 0 spiro atoms. The Hall–Kier alpha value is -1.76. The lowest BCUT2D eigenvalue weighted by Gasteiger charge is -2.01. The number of hydrogen-bond donors (Lipinski definition) is 0. The van der Waals surface area contributed by atoms with E-state index in [1.807, 2.05) is 0 Å². The molecule has 1 rings (SSSR count). The maximum absolute atomic E-state index is 11.2. The molecule has 4 nitrogen and oxygen atoms in total. The van der Waals surface area contributed by atoms with Crippen LogP contribution in [0.3, 0.4) is 0 Å². The normalized spacial score (nSPS) is 9.31. The van der Waals surface area contributed by atoms with Crippen LogP contribution in [0.5, 0.6) is 0 Å². The number of esters is 1. The van der Waals surface area contributed by atoms with Crippen molar-refractivity contribution in [2.75, 3.05) is 6.61 Å². The quantitative estimate of drug-likeness (QED) is 0.491. The summed E-state index contributed by atoms with van der Waals surface area (Å²) in [5, 5.41) is 0. The summed E-state index contributed by atoms with van der Waals surface area (Å²) in [5.41, 5.74) is 0.558. The fraction of sp³-hybridized carbons (Fsp3) is 0.333. The largest absolute Gasteiger partial charge is 0.460 e. The maximum Gasteiger partial charge on any atom is 0.374 e. The Kier molecular flexibility index (Phi) is 2.70. The molecule has 1 heterocycles. The first kappa shape index (κ1) is 9.33. The Labute approximate surface area is 76.5 Å². The van der Waals surface area contributed by atoms with Crippen LogP contribution in [0.2, 0.25) is 0 Å².